The topological polar surface area (TPSA) is 133 Å². The van der Waals surface area contributed by atoms with Crippen LogP contribution in [0.5, 0.6) is 0 Å². The number of hydrogen-bond acceptors (Lipinski definition) is 6. The molecule has 4 N–H and O–H groups in total. The van der Waals surface area contributed by atoms with Crippen molar-refractivity contribution in [2.75, 3.05) is 6.54 Å². The molecule has 0 aromatic rings. The van der Waals surface area contributed by atoms with Crippen molar-refractivity contribution in [2.24, 2.45) is 0 Å². The van der Waals surface area contributed by atoms with Crippen LogP contribution in [0.3, 0.4) is 0 Å². The standard InChI is InChI=1S/C16H30N2O6.C12H23N/c1-15(2,3)23-13(21)17-10-8-7-9-11(12(19)20)18-14(22)24-16(4,5)6;1-3-7-11(8-4-1)13-12-9-5-2-6-10-12/h11H,7-10H2,1-6H3,(H,17,21)(H,18,22)(H,19,20);11-13H,1-10H2/t11-;/m0./s1. The van der Waals surface area contributed by atoms with Gasteiger partial charge in [-0.1, -0.05) is 12.8 Å². The number of carbonyl (C=O) groups excluding carboxylic acids is 3. The number of unbranched alkanes of at least 4 members (excludes halogenated alkanes) is 1. The lowest BCUT2D eigenvalue weighted by Gasteiger charge is -2.27. The highest BCUT2D eigenvalue weighted by Gasteiger charge is 2.23. The monoisotopic (exact) mass is 527 g/mol. The van der Waals surface area contributed by atoms with Crippen LogP contribution >= 0.6 is 0 Å². The molecular weight excluding hydrogens is 474 g/mol. The van der Waals surface area contributed by atoms with Gasteiger partial charge in [-0.15, -0.1) is 0 Å². The van der Waals surface area contributed by atoms with Gasteiger partial charge in [0.1, 0.15) is 11.2 Å². The Balaban J connectivity index is 0.000000435. The number of alkyl carbamates (subject to hydrolysis) is 2. The molecule has 2 aliphatic carbocycles. The molecule has 0 spiro atoms. The third-order valence-corrected chi connectivity index (χ3v) is 6.41. The van der Waals surface area contributed by atoms with Gasteiger partial charge in [0, 0.05) is 6.54 Å². The fraction of sp³-hybridized carbons (Fsp3) is 0.893. The Kier molecular flexibility index (Phi) is 14.9. The fourth-order valence-corrected chi connectivity index (χ4v) is 4.71. The lowest BCUT2D eigenvalue weighted by atomic mass is 9.91. The highest BCUT2D eigenvalue weighted by Crippen LogP contribution is 2.18. The molecule has 0 unspecified atom stereocenters. The smallest absolute Gasteiger partial charge is 0.408 e. The van der Waals surface area contributed by atoms with Crippen LogP contribution in [0.25, 0.3) is 0 Å². The summed E-state index contributed by atoms with van der Waals surface area (Å²) in [5.74, 6) is -1.37. The van der Waals surface area contributed by atoms with Gasteiger partial charge >= 0.3 is 12.2 Å². The van der Waals surface area contributed by atoms with Crippen molar-refractivity contribution < 1.29 is 34.3 Å². The molecule has 2 aliphatic rings. The maximum Gasteiger partial charge on any atom is 0.408 e. The molecule has 0 saturated heterocycles. The summed E-state index contributed by atoms with van der Waals surface area (Å²) in [7, 11) is 0. The Morgan fingerprint density at radius 3 is 1.68 bits per heavy atom. The van der Waals surface area contributed by atoms with Gasteiger partial charge in [0.15, 0.2) is 0 Å². The maximum atomic E-state index is 11.6. The molecule has 37 heavy (non-hydrogen) atoms. The summed E-state index contributed by atoms with van der Waals surface area (Å²) in [5, 5.41) is 18.6. The largest absolute Gasteiger partial charge is 0.548 e. The lowest BCUT2D eigenvalue weighted by molar-refractivity contribution is -0.725. The van der Waals surface area contributed by atoms with Crippen molar-refractivity contribution in [3.05, 3.63) is 0 Å². The number of amides is 2. The predicted octanol–water partition coefficient (Wildman–Crippen LogP) is 3.54. The zero-order valence-corrected chi connectivity index (χ0v) is 24.2. The van der Waals surface area contributed by atoms with Crippen LogP contribution in [0.4, 0.5) is 9.59 Å². The molecule has 0 aromatic carbocycles. The van der Waals surface area contributed by atoms with Crippen molar-refractivity contribution in [3.8, 4) is 0 Å². The fourth-order valence-electron chi connectivity index (χ4n) is 4.71. The summed E-state index contributed by atoms with van der Waals surface area (Å²) in [6.07, 6.45) is 14.8. The summed E-state index contributed by atoms with van der Waals surface area (Å²) in [6.45, 7) is 10.7. The number of quaternary nitrogens is 1. The van der Waals surface area contributed by atoms with Gasteiger partial charge in [0.05, 0.1) is 24.1 Å². The first kappa shape index (κ1) is 33.0. The third kappa shape index (κ3) is 18.0. The van der Waals surface area contributed by atoms with Gasteiger partial charge in [0.2, 0.25) is 0 Å². The average Bonchev–Trinajstić information content (AvgIpc) is 2.77. The number of nitrogens with two attached hydrogens (primary N) is 1. The predicted molar refractivity (Wildman–Crippen MR) is 142 cm³/mol. The molecule has 9 nitrogen and oxygen atoms in total. The van der Waals surface area contributed by atoms with Crippen LogP contribution in [0.1, 0.15) is 125 Å². The van der Waals surface area contributed by atoms with Gasteiger partial charge in [-0.3, -0.25) is 0 Å². The SMILES string of the molecule is C1CCC([NH2+]C2CCCCC2)CC1.CC(C)(C)OC(=O)NCCCC[C@H](NC(=O)OC(C)(C)C)C(=O)[O-]. The quantitative estimate of drug-likeness (QED) is 0.393. The van der Waals surface area contributed by atoms with E-state index in [1.54, 1.807) is 41.5 Å². The second-order valence-electron chi connectivity index (χ2n) is 12.4. The Labute approximate surface area is 224 Å². The Bertz CT molecular complexity index is 658. The minimum atomic E-state index is -1.37. The van der Waals surface area contributed by atoms with E-state index in [0.717, 1.165) is 12.1 Å². The van der Waals surface area contributed by atoms with Crippen molar-refractivity contribution in [1.29, 1.82) is 0 Å². The molecule has 2 amide bonds. The Hall–Kier alpha value is -2.03. The van der Waals surface area contributed by atoms with Crippen LogP contribution in [0, 0.1) is 0 Å². The number of carboxylic acid groups (broad SMARTS) is 1. The summed E-state index contributed by atoms with van der Waals surface area (Å²) in [4.78, 5) is 34.1. The molecule has 0 heterocycles. The lowest BCUT2D eigenvalue weighted by Crippen LogP contribution is -2.95. The molecule has 216 valence electrons. The van der Waals surface area contributed by atoms with Gasteiger partial charge in [-0.2, -0.15) is 0 Å². The maximum absolute atomic E-state index is 11.6. The molecular formula is C28H53N3O6. The third-order valence-electron chi connectivity index (χ3n) is 6.41. The Morgan fingerprint density at radius 1 is 0.784 bits per heavy atom. The number of nitrogens with one attached hydrogen (secondary N) is 2. The minimum Gasteiger partial charge on any atom is -0.548 e. The van der Waals surface area contributed by atoms with Crippen LogP contribution in [-0.4, -0.2) is 54.0 Å². The van der Waals surface area contributed by atoms with E-state index < -0.39 is 35.4 Å². The van der Waals surface area contributed by atoms with E-state index in [0.29, 0.717) is 19.4 Å². The zero-order chi connectivity index (χ0) is 27.9. The highest BCUT2D eigenvalue weighted by atomic mass is 16.6. The average molecular weight is 528 g/mol. The molecule has 2 rings (SSSR count). The zero-order valence-electron chi connectivity index (χ0n) is 24.2. The number of hydrogen-bond donors (Lipinski definition) is 3. The van der Waals surface area contributed by atoms with Crippen molar-refractivity contribution in [2.45, 2.75) is 154 Å². The number of carboxylic acids is 1. The van der Waals surface area contributed by atoms with Gasteiger partial charge in [0.25, 0.3) is 0 Å². The van der Waals surface area contributed by atoms with Crippen LogP contribution < -0.4 is 21.1 Å². The summed E-state index contributed by atoms with van der Waals surface area (Å²) < 4.78 is 10.1. The Morgan fingerprint density at radius 2 is 1.24 bits per heavy atom. The molecule has 1 atom stereocenters. The first-order chi connectivity index (χ1) is 17.2. The highest BCUT2D eigenvalue weighted by molar-refractivity contribution is 5.78. The van der Waals surface area contributed by atoms with E-state index in [1.165, 1.54) is 64.2 Å². The number of aliphatic carboxylic acids is 1. The van der Waals surface area contributed by atoms with E-state index in [2.05, 4.69) is 16.0 Å². The first-order valence-corrected chi connectivity index (χ1v) is 14.3. The van der Waals surface area contributed by atoms with Gasteiger partial charge in [-0.05, 0) is 112 Å². The number of carbonyl (C=O) groups is 3. The van der Waals surface area contributed by atoms with Crippen molar-refractivity contribution in [3.63, 3.8) is 0 Å². The normalized spacial score (nSPS) is 18.1. The van der Waals surface area contributed by atoms with E-state index in [4.69, 9.17) is 9.47 Å². The first-order valence-electron chi connectivity index (χ1n) is 14.3. The number of rotatable bonds is 9. The summed E-state index contributed by atoms with van der Waals surface area (Å²) >= 11 is 0. The van der Waals surface area contributed by atoms with E-state index in [1.807, 2.05) is 0 Å². The summed E-state index contributed by atoms with van der Waals surface area (Å²) in [6, 6.07) is 0.857. The van der Waals surface area contributed by atoms with Crippen LogP contribution in [0.2, 0.25) is 0 Å². The number of ether oxygens (including phenoxy) is 2. The van der Waals surface area contributed by atoms with E-state index in [-0.39, 0.29) is 6.42 Å². The molecule has 0 radical (unpaired) electrons. The van der Waals surface area contributed by atoms with Crippen molar-refractivity contribution >= 4 is 18.2 Å². The summed E-state index contributed by atoms with van der Waals surface area (Å²) in [5.41, 5.74) is -1.28. The van der Waals surface area contributed by atoms with Crippen LogP contribution in [-0.2, 0) is 14.3 Å². The van der Waals surface area contributed by atoms with E-state index >= 15 is 0 Å². The van der Waals surface area contributed by atoms with Crippen molar-refractivity contribution in [1.82, 2.24) is 10.6 Å². The van der Waals surface area contributed by atoms with Gasteiger partial charge < -0.3 is 35.3 Å². The molecule has 0 aliphatic heterocycles. The van der Waals surface area contributed by atoms with Gasteiger partial charge in [-0.25, -0.2) is 9.59 Å². The van der Waals surface area contributed by atoms with Crippen LogP contribution in [0.15, 0.2) is 0 Å². The van der Waals surface area contributed by atoms with E-state index in [9.17, 15) is 19.5 Å². The molecule has 0 aromatic heterocycles. The molecule has 2 saturated carbocycles. The molecule has 2 fully saturated rings. The second-order valence-corrected chi connectivity index (χ2v) is 12.4. The minimum absolute atomic E-state index is 0.178. The molecule has 0 bridgehead atoms. The second kappa shape index (κ2) is 16.7. The molecule has 9 heteroatoms.